The van der Waals surface area contributed by atoms with E-state index in [0.717, 1.165) is 37.7 Å². The smallest absolute Gasteiger partial charge is 0.191 e. The topological polar surface area (TPSA) is 77.7 Å². The zero-order valence-electron chi connectivity index (χ0n) is 17.0. The van der Waals surface area contributed by atoms with Crippen molar-refractivity contribution in [1.29, 1.82) is 0 Å². The minimum absolute atomic E-state index is 0.0363. The second-order valence-electron chi connectivity index (χ2n) is 8.09. The Labute approximate surface area is 157 Å². The summed E-state index contributed by atoms with van der Waals surface area (Å²) in [6, 6.07) is 0. The maximum absolute atomic E-state index is 10.7. The maximum Gasteiger partial charge on any atom is 0.191 e. The summed E-state index contributed by atoms with van der Waals surface area (Å²) < 4.78 is 1.70. The maximum atomic E-state index is 10.7. The lowest BCUT2D eigenvalue weighted by molar-refractivity contribution is 0.0615. The Morgan fingerprint density at radius 1 is 1.23 bits per heavy atom. The van der Waals surface area contributed by atoms with Gasteiger partial charge in [0.25, 0.3) is 0 Å². The summed E-state index contributed by atoms with van der Waals surface area (Å²) in [6.45, 7) is 12.5. The van der Waals surface area contributed by atoms with Crippen molar-refractivity contribution in [2.45, 2.75) is 58.1 Å². The first-order valence-corrected chi connectivity index (χ1v) is 9.73. The highest BCUT2D eigenvalue weighted by molar-refractivity contribution is 5.79. The standard InChI is InChI=1S/C19H36N6O/c1-6-20-17(21-14-18(2,3)25-10-8-7-9-11-25)22-15-19(4,26)16-12-23-24(5)13-16/h12-13,26H,6-11,14-15H2,1-5H3,(H2,20,21,22). The number of likely N-dealkylation sites (tertiary alicyclic amines) is 1. The molecule has 0 saturated carbocycles. The molecule has 0 bridgehead atoms. The number of guanidine groups is 1. The van der Waals surface area contributed by atoms with Gasteiger partial charge < -0.3 is 15.7 Å². The van der Waals surface area contributed by atoms with E-state index >= 15 is 0 Å². The first-order chi connectivity index (χ1) is 12.2. The van der Waals surface area contributed by atoms with E-state index in [1.165, 1.54) is 19.3 Å². The molecule has 2 heterocycles. The Balaban J connectivity index is 1.97. The first-order valence-electron chi connectivity index (χ1n) is 9.73. The molecule has 1 aliphatic rings. The molecule has 0 aromatic carbocycles. The number of aryl methyl sites for hydroxylation is 1. The van der Waals surface area contributed by atoms with Crippen molar-refractivity contribution >= 4 is 5.96 Å². The van der Waals surface area contributed by atoms with Crippen LogP contribution in [0.2, 0.25) is 0 Å². The van der Waals surface area contributed by atoms with Crippen LogP contribution in [0, 0.1) is 0 Å². The van der Waals surface area contributed by atoms with Gasteiger partial charge in [-0.3, -0.25) is 14.6 Å². The molecule has 1 aromatic rings. The lowest BCUT2D eigenvalue weighted by Crippen LogP contribution is -2.50. The Morgan fingerprint density at radius 3 is 2.50 bits per heavy atom. The van der Waals surface area contributed by atoms with Gasteiger partial charge in [0, 0.05) is 30.9 Å². The third-order valence-electron chi connectivity index (χ3n) is 5.11. The van der Waals surface area contributed by atoms with Crippen molar-refractivity contribution in [1.82, 2.24) is 25.3 Å². The first kappa shape index (κ1) is 20.7. The van der Waals surface area contributed by atoms with Crippen LogP contribution < -0.4 is 10.6 Å². The molecule has 2 rings (SSSR count). The van der Waals surface area contributed by atoms with E-state index < -0.39 is 5.60 Å². The van der Waals surface area contributed by atoms with E-state index in [9.17, 15) is 5.11 Å². The number of rotatable bonds is 7. The van der Waals surface area contributed by atoms with Crippen LogP contribution in [0.4, 0.5) is 0 Å². The second kappa shape index (κ2) is 8.86. The quantitative estimate of drug-likeness (QED) is 0.504. The Hall–Kier alpha value is -1.60. The Bertz CT molecular complexity index is 587. The lowest BCUT2D eigenvalue weighted by Gasteiger charge is -2.40. The van der Waals surface area contributed by atoms with Gasteiger partial charge in [-0.05, 0) is 53.6 Å². The van der Waals surface area contributed by atoms with E-state index in [2.05, 4.69) is 34.5 Å². The molecule has 1 aromatic heterocycles. The Kier molecular flexibility index (Phi) is 7.06. The van der Waals surface area contributed by atoms with Gasteiger partial charge in [-0.25, -0.2) is 0 Å². The molecule has 1 atom stereocenters. The number of hydrogen-bond donors (Lipinski definition) is 3. The number of aromatic nitrogens is 2. The highest BCUT2D eigenvalue weighted by Gasteiger charge is 2.28. The third-order valence-corrected chi connectivity index (χ3v) is 5.11. The molecule has 0 amide bonds. The molecule has 1 saturated heterocycles. The average Bonchev–Trinajstić information content (AvgIpc) is 3.06. The molecule has 1 fully saturated rings. The fourth-order valence-corrected chi connectivity index (χ4v) is 3.27. The van der Waals surface area contributed by atoms with E-state index in [1.54, 1.807) is 17.8 Å². The number of aliphatic hydroxyl groups is 1. The highest BCUT2D eigenvalue weighted by Crippen LogP contribution is 2.21. The molecule has 148 valence electrons. The van der Waals surface area contributed by atoms with E-state index in [0.29, 0.717) is 6.54 Å². The van der Waals surface area contributed by atoms with Gasteiger partial charge in [-0.15, -0.1) is 0 Å². The summed E-state index contributed by atoms with van der Waals surface area (Å²) in [7, 11) is 1.85. The van der Waals surface area contributed by atoms with E-state index in [1.807, 2.05) is 20.2 Å². The van der Waals surface area contributed by atoms with Gasteiger partial charge >= 0.3 is 0 Å². The van der Waals surface area contributed by atoms with Gasteiger partial charge in [0.05, 0.1) is 19.3 Å². The minimum atomic E-state index is -1.01. The fraction of sp³-hybridized carbons (Fsp3) is 0.789. The second-order valence-corrected chi connectivity index (χ2v) is 8.09. The normalized spacial score (nSPS) is 19.2. The van der Waals surface area contributed by atoms with Crippen LogP contribution in [0.5, 0.6) is 0 Å². The summed E-state index contributed by atoms with van der Waals surface area (Å²) in [5, 5.41) is 21.4. The van der Waals surface area contributed by atoms with Crippen molar-refractivity contribution < 1.29 is 5.11 Å². The molecule has 0 radical (unpaired) electrons. The SMILES string of the molecule is CCNC(=NCC(C)(C)N1CCCCC1)NCC(C)(O)c1cnn(C)c1. The summed E-state index contributed by atoms with van der Waals surface area (Å²) in [5.74, 6) is 0.738. The van der Waals surface area contributed by atoms with Crippen LogP contribution in [0.25, 0.3) is 0 Å². The van der Waals surface area contributed by atoms with Gasteiger partial charge in [-0.1, -0.05) is 6.42 Å². The molecule has 0 aliphatic carbocycles. The fourth-order valence-electron chi connectivity index (χ4n) is 3.27. The van der Waals surface area contributed by atoms with Crippen LogP contribution in [0.1, 0.15) is 52.5 Å². The van der Waals surface area contributed by atoms with Crippen LogP contribution in [-0.2, 0) is 12.6 Å². The number of piperidine rings is 1. The molecular weight excluding hydrogens is 328 g/mol. The molecule has 26 heavy (non-hydrogen) atoms. The minimum Gasteiger partial charge on any atom is -0.383 e. The molecule has 1 unspecified atom stereocenters. The molecule has 7 nitrogen and oxygen atoms in total. The zero-order chi connectivity index (χ0) is 19.2. The number of aliphatic imine (C=N–C) groups is 1. The van der Waals surface area contributed by atoms with Crippen LogP contribution in [-0.4, -0.2) is 64.0 Å². The van der Waals surface area contributed by atoms with Gasteiger partial charge in [0.1, 0.15) is 5.60 Å². The van der Waals surface area contributed by atoms with Gasteiger partial charge in [0.2, 0.25) is 0 Å². The number of nitrogens with one attached hydrogen (secondary N) is 2. The summed E-state index contributed by atoms with van der Waals surface area (Å²) in [4.78, 5) is 7.32. The monoisotopic (exact) mass is 364 g/mol. The predicted octanol–water partition coefficient (Wildman–Crippen LogP) is 1.45. The van der Waals surface area contributed by atoms with Crippen molar-refractivity contribution in [2.75, 3.05) is 32.7 Å². The van der Waals surface area contributed by atoms with Crippen molar-refractivity contribution in [3.63, 3.8) is 0 Å². The van der Waals surface area contributed by atoms with Gasteiger partial charge in [-0.2, -0.15) is 5.10 Å². The highest BCUT2D eigenvalue weighted by atomic mass is 16.3. The van der Waals surface area contributed by atoms with Crippen LogP contribution >= 0.6 is 0 Å². The van der Waals surface area contributed by atoms with E-state index in [4.69, 9.17) is 4.99 Å². The predicted molar refractivity (Wildman–Crippen MR) is 106 cm³/mol. The summed E-state index contributed by atoms with van der Waals surface area (Å²) in [5.41, 5.74) is -0.182. The number of nitrogens with zero attached hydrogens (tertiary/aromatic N) is 4. The van der Waals surface area contributed by atoms with Crippen LogP contribution in [0.3, 0.4) is 0 Å². The largest absolute Gasteiger partial charge is 0.383 e. The zero-order valence-corrected chi connectivity index (χ0v) is 17.0. The van der Waals surface area contributed by atoms with Crippen molar-refractivity contribution in [3.8, 4) is 0 Å². The summed E-state index contributed by atoms with van der Waals surface area (Å²) in [6.07, 6.45) is 7.43. The third kappa shape index (κ3) is 5.71. The molecule has 1 aliphatic heterocycles. The number of hydrogen-bond acceptors (Lipinski definition) is 4. The molecular formula is C19H36N6O. The van der Waals surface area contributed by atoms with Crippen molar-refractivity contribution in [2.24, 2.45) is 12.0 Å². The van der Waals surface area contributed by atoms with Crippen molar-refractivity contribution in [3.05, 3.63) is 18.0 Å². The molecule has 7 heteroatoms. The Morgan fingerprint density at radius 2 is 1.92 bits per heavy atom. The molecule has 3 N–H and O–H groups in total. The summed E-state index contributed by atoms with van der Waals surface area (Å²) >= 11 is 0. The molecule has 0 spiro atoms. The van der Waals surface area contributed by atoms with E-state index in [-0.39, 0.29) is 5.54 Å². The van der Waals surface area contributed by atoms with Gasteiger partial charge in [0.15, 0.2) is 5.96 Å². The average molecular weight is 365 g/mol. The lowest BCUT2D eigenvalue weighted by atomic mass is 9.99. The van der Waals surface area contributed by atoms with Crippen LogP contribution in [0.15, 0.2) is 17.4 Å².